The zero-order valence-electron chi connectivity index (χ0n) is 9.22. The predicted molar refractivity (Wildman–Crippen MR) is 58.2 cm³/mol. The number of imidazole rings is 1. The minimum absolute atomic E-state index is 0.207. The van der Waals surface area contributed by atoms with E-state index in [4.69, 9.17) is 10.5 Å². The van der Waals surface area contributed by atoms with Gasteiger partial charge in [0.15, 0.2) is 0 Å². The Morgan fingerprint density at radius 3 is 3.00 bits per heavy atom. The zero-order chi connectivity index (χ0) is 10.7. The summed E-state index contributed by atoms with van der Waals surface area (Å²) >= 11 is 0. The van der Waals surface area contributed by atoms with Crippen molar-refractivity contribution < 1.29 is 4.74 Å². The zero-order valence-corrected chi connectivity index (χ0v) is 9.22. The second-order valence-corrected chi connectivity index (χ2v) is 4.25. The van der Waals surface area contributed by atoms with Crippen molar-refractivity contribution in [3.8, 4) is 0 Å². The van der Waals surface area contributed by atoms with E-state index in [9.17, 15) is 0 Å². The molecule has 2 rings (SSSR count). The molecule has 1 aromatic heterocycles. The summed E-state index contributed by atoms with van der Waals surface area (Å²) in [5.41, 5.74) is 6.00. The maximum atomic E-state index is 6.00. The van der Waals surface area contributed by atoms with Crippen molar-refractivity contribution in [2.75, 3.05) is 0 Å². The summed E-state index contributed by atoms with van der Waals surface area (Å²) in [6.45, 7) is 0.571. The van der Waals surface area contributed by atoms with Gasteiger partial charge in [0.2, 0.25) is 0 Å². The molecular weight excluding hydrogens is 190 g/mol. The van der Waals surface area contributed by atoms with Crippen LogP contribution in [0.4, 0.5) is 0 Å². The average molecular weight is 209 g/mol. The van der Waals surface area contributed by atoms with Crippen molar-refractivity contribution in [3.63, 3.8) is 0 Å². The number of aromatic nitrogens is 2. The van der Waals surface area contributed by atoms with Crippen LogP contribution in [0.15, 0.2) is 12.4 Å². The monoisotopic (exact) mass is 209 g/mol. The topological polar surface area (TPSA) is 53.1 Å². The maximum Gasteiger partial charge on any atom is 0.134 e. The highest BCUT2D eigenvalue weighted by molar-refractivity contribution is 4.89. The lowest BCUT2D eigenvalue weighted by Crippen LogP contribution is -2.39. The van der Waals surface area contributed by atoms with Crippen LogP contribution in [0.2, 0.25) is 0 Å². The van der Waals surface area contributed by atoms with Crippen LogP contribution < -0.4 is 5.73 Å². The van der Waals surface area contributed by atoms with Crippen molar-refractivity contribution in [2.24, 2.45) is 12.8 Å². The first-order valence-electron chi connectivity index (χ1n) is 5.61. The van der Waals surface area contributed by atoms with Crippen LogP contribution in [0.1, 0.15) is 31.5 Å². The van der Waals surface area contributed by atoms with E-state index < -0.39 is 0 Å². The molecule has 2 N–H and O–H groups in total. The molecule has 4 nitrogen and oxygen atoms in total. The molecular formula is C11H19N3O. The number of nitrogens with zero attached hydrogens (tertiary/aromatic N) is 2. The molecule has 15 heavy (non-hydrogen) atoms. The highest BCUT2D eigenvalue weighted by atomic mass is 16.5. The first-order chi connectivity index (χ1) is 7.27. The SMILES string of the molecule is Cn1ccnc1COC1CCCCC1N. The van der Waals surface area contributed by atoms with Crippen LogP contribution in [0.25, 0.3) is 0 Å². The number of hydrogen-bond donors (Lipinski definition) is 1. The first-order valence-corrected chi connectivity index (χ1v) is 5.61. The van der Waals surface area contributed by atoms with Gasteiger partial charge in [0.25, 0.3) is 0 Å². The first kappa shape index (κ1) is 10.6. The third-order valence-electron chi connectivity index (χ3n) is 3.10. The Morgan fingerprint density at radius 1 is 1.53 bits per heavy atom. The van der Waals surface area contributed by atoms with Crippen molar-refractivity contribution in [1.82, 2.24) is 9.55 Å². The van der Waals surface area contributed by atoms with Gasteiger partial charge in [-0.15, -0.1) is 0 Å². The second kappa shape index (κ2) is 4.77. The van der Waals surface area contributed by atoms with Crippen LogP contribution in [-0.4, -0.2) is 21.7 Å². The summed E-state index contributed by atoms with van der Waals surface area (Å²) in [6.07, 6.45) is 8.59. The van der Waals surface area contributed by atoms with E-state index in [2.05, 4.69) is 4.98 Å². The third kappa shape index (κ3) is 2.58. The van der Waals surface area contributed by atoms with Gasteiger partial charge in [-0.1, -0.05) is 12.8 Å². The van der Waals surface area contributed by atoms with Gasteiger partial charge in [-0.25, -0.2) is 4.98 Å². The normalized spacial score (nSPS) is 26.8. The van der Waals surface area contributed by atoms with Gasteiger partial charge >= 0.3 is 0 Å². The third-order valence-corrected chi connectivity index (χ3v) is 3.10. The second-order valence-electron chi connectivity index (χ2n) is 4.25. The van der Waals surface area contributed by atoms with E-state index >= 15 is 0 Å². The summed E-state index contributed by atoms with van der Waals surface area (Å²) in [6, 6.07) is 0.207. The molecule has 1 aliphatic carbocycles. The average Bonchev–Trinajstić information content (AvgIpc) is 2.63. The molecule has 0 spiro atoms. The number of nitrogens with two attached hydrogens (primary N) is 1. The molecule has 1 fully saturated rings. The van der Waals surface area contributed by atoms with E-state index in [1.807, 2.05) is 17.8 Å². The molecule has 0 amide bonds. The van der Waals surface area contributed by atoms with Gasteiger partial charge in [-0.2, -0.15) is 0 Å². The van der Waals surface area contributed by atoms with Gasteiger partial charge in [0, 0.05) is 25.5 Å². The fourth-order valence-electron chi connectivity index (χ4n) is 2.05. The van der Waals surface area contributed by atoms with Gasteiger partial charge in [-0.3, -0.25) is 0 Å². The molecule has 0 radical (unpaired) electrons. The molecule has 0 saturated heterocycles. The van der Waals surface area contributed by atoms with Gasteiger partial charge in [-0.05, 0) is 12.8 Å². The molecule has 84 valence electrons. The molecule has 4 heteroatoms. The highest BCUT2D eigenvalue weighted by Gasteiger charge is 2.22. The number of aryl methyl sites for hydroxylation is 1. The summed E-state index contributed by atoms with van der Waals surface area (Å²) in [5, 5.41) is 0. The van der Waals surface area contributed by atoms with Crippen molar-refractivity contribution >= 4 is 0 Å². The van der Waals surface area contributed by atoms with E-state index in [0.717, 1.165) is 18.7 Å². The summed E-state index contributed by atoms with van der Waals surface area (Å²) in [7, 11) is 1.98. The fraction of sp³-hybridized carbons (Fsp3) is 0.727. The standard InChI is InChI=1S/C11H19N3O/c1-14-7-6-13-11(14)8-15-10-5-3-2-4-9(10)12/h6-7,9-10H,2-5,8,12H2,1H3. The molecule has 0 aliphatic heterocycles. The van der Waals surface area contributed by atoms with Gasteiger partial charge in [0.1, 0.15) is 12.4 Å². The number of ether oxygens (including phenoxy) is 1. The molecule has 2 atom stereocenters. The van der Waals surface area contributed by atoms with E-state index in [1.54, 1.807) is 6.20 Å². The van der Waals surface area contributed by atoms with Crippen molar-refractivity contribution in [1.29, 1.82) is 0 Å². The smallest absolute Gasteiger partial charge is 0.134 e. The molecule has 0 aromatic carbocycles. The van der Waals surface area contributed by atoms with Crippen LogP contribution in [0.3, 0.4) is 0 Å². The number of hydrogen-bond acceptors (Lipinski definition) is 3. The summed E-state index contributed by atoms with van der Waals surface area (Å²) in [5.74, 6) is 0.966. The highest BCUT2D eigenvalue weighted by Crippen LogP contribution is 2.20. The Balaban J connectivity index is 1.84. The Labute approximate surface area is 90.4 Å². The lowest BCUT2D eigenvalue weighted by atomic mass is 9.93. The molecule has 2 unspecified atom stereocenters. The van der Waals surface area contributed by atoms with Crippen molar-refractivity contribution in [2.45, 2.75) is 44.4 Å². The van der Waals surface area contributed by atoms with Crippen LogP contribution in [-0.2, 0) is 18.4 Å². The quantitative estimate of drug-likeness (QED) is 0.814. The van der Waals surface area contributed by atoms with Crippen LogP contribution >= 0.6 is 0 Å². The molecule has 1 saturated carbocycles. The molecule has 1 heterocycles. The lowest BCUT2D eigenvalue weighted by molar-refractivity contribution is 0.0000987. The minimum Gasteiger partial charge on any atom is -0.369 e. The summed E-state index contributed by atoms with van der Waals surface area (Å²) in [4.78, 5) is 4.22. The Hall–Kier alpha value is -0.870. The molecule has 1 aromatic rings. The molecule has 0 bridgehead atoms. The van der Waals surface area contributed by atoms with E-state index in [1.165, 1.54) is 12.8 Å². The summed E-state index contributed by atoms with van der Waals surface area (Å²) < 4.78 is 7.79. The van der Waals surface area contributed by atoms with Gasteiger partial charge in [0.05, 0.1) is 6.10 Å². The minimum atomic E-state index is 0.207. The predicted octanol–water partition coefficient (Wildman–Crippen LogP) is 1.21. The largest absolute Gasteiger partial charge is 0.369 e. The van der Waals surface area contributed by atoms with Gasteiger partial charge < -0.3 is 15.0 Å². The van der Waals surface area contributed by atoms with Crippen LogP contribution in [0.5, 0.6) is 0 Å². The Morgan fingerprint density at radius 2 is 2.33 bits per heavy atom. The molecule has 1 aliphatic rings. The fourth-order valence-corrected chi connectivity index (χ4v) is 2.05. The maximum absolute atomic E-state index is 6.00. The van der Waals surface area contributed by atoms with Crippen molar-refractivity contribution in [3.05, 3.63) is 18.2 Å². The van der Waals surface area contributed by atoms with E-state index in [-0.39, 0.29) is 12.1 Å². The van der Waals surface area contributed by atoms with E-state index in [0.29, 0.717) is 6.61 Å². The Kier molecular flexibility index (Phi) is 3.38. The lowest BCUT2D eigenvalue weighted by Gasteiger charge is -2.28. The van der Waals surface area contributed by atoms with Crippen LogP contribution in [0, 0.1) is 0 Å². The Bertz CT molecular complexity index is 311. The number of rotatable bonds is 3.